The van der Waals surface area contributed by atoms with Crippen molar-refractivity contribution in [1.29, 1.82) is 0 Å². The van der Waals surface area contributed by atoms with Gasteiger partial charge in [-0.25, -0.2) is 12.8 Å². The molecular weight excluding hydrogens is 331 g/mol. The standard InChI is InChI=1S/C17H23FN2O3S/c1-13(17(21)19-12-11-14-5-3-2-4-6-14)20-24(22,23)16-9-7-15(18)8-10-16/h5,7-10,13,20H,2-4,6,11-12H2,1H3,(H,19,21). The maximum atomic E-state index is 12.9. The molecule has 0 saturated heterocycles. The number of hydrogen-bond donors (Lipinski definition) is 2. The molecule has 1 unspecified atom stereocenters. The molecule has 0 heterocycles. The number of amides is 1. The lowest BCUT2D eigenvalue weighted by Crippen LogP contribution is -2.45. The SMILES string of the molecule is CC(NS(=O)(=O)c1ccc(F)cc1)C(=O)NCCC1=CCCCC1. The minimum absolute atomic E-state index is 0.0732. The van der Waals surface area contributed by atoms with Gasteiger partial charge in [0.1, 0.15) is 5.82 Å². The first kappa shape index (κ1) is 18.6. The number of allylic oxidation sites excluding steroid dienone is 1. The van der Waals surface area contributed by atoms with E-state index in [-0.39, 0.29) is 10.8 Å². The summed E-state index contributed by atoms with van der Waals surface area (Å²) < 4.78 is 39.5. The highest BCUT2D eigenvalue weighted by molar-refractivity contribution is 7.89. The number of carbonyl (C=O) groups excluding carboxylic acids is 1. The molecule has 1 atom stereocenters. The third-order valence-electron chi connectivity index (χ3n) is 3.98. The van der Waals surface area contributed by atoms with Crippen molar-refractivity contribution in [2.75, 3.05) is 6.54 Å². The van der Waals surface area contributed by atoms with Gasteiger partial charge in [0.15, 0.2) is 0 Å². The molecule has 0 fully saturated rings. The van der Waals surface area contributed by atoms with E-state index in [1.54, 1.807) is 0 Å². The Labute approximate surface area is 142 Å². The first-order valence-electron chi connectivity index (χ1n) is 8.12. The Morgan fingerprint density at radius 2 is 1.96 bits per heavy atom. The first-order valence-corrected chi connectivity index (χ1v) is 9.60. The zero-order valence-corrected chi connectivity index (χ0v) is 14.5. The molecule has 2 rings (SSSR count). The molecular formula is C17H23FN2O3S. The Bertz CT molecular complexity index is 699. The lowest BCUT2D eigenvalue weighted by molar-refractivity contribution is -0.122. The average molecular weight is 354 g/mol. The van der Waals surface area contributed by atoms with Crippen LogP contribution >= 0.6 is 0 Å². The monoisotopic (exact) mass is 354 g/mol. The fourth-order valence-corrected chi connectivity index (χ4v) is 3.80. The second kappa shape index (κ2) is 8.39. The Hall–Kier alpha value is -1.73. The van der Waals surface area contributed by atoms with Gasteiger partial charge < -0.3 is 5.32 Å². The van der Waals surface area contributed by atoms with E-state index in [0.717, 1.165) is 43.5 Å². The van der Waals surface area contributed by atoms with Gasteiger partial charge in [0.2, 0.25) is 15.9 Å². The van der Waals surface area contributed by atoms with Crippen LogP contribution in [-0.2, 0) is 14.8 Å². The Morgan fingerprint density at radius 1 is 1.25 bits per heavy atom. The van der Waals surface area contributed by atoms with Crippen LogP contribution < -0.4 is 10.0 Å². The van der Waals surface area contributed by atoms with E-state index in [9.17, 15) is 17.6 Å². The molecule has 1 aliphatic rings. The topological polar surface area (TPSA) is 75.3 Å². The summed E-state index contributed by atoms with van der Waals surface area (Å²) in [6.45, 7) is 1.98. The quantitative estimate of drug-likeness (QED) is 0.739. The van der Waals surface area contributed by atoms with E-state index in [4.69, 9.17) is 0 Å². The highest BCUT2D eigenvalue weighted by atomic mass is 32.2. The average Bonchev–Trinajstić information content (AvgIpc) is 2.55. The number of hydrogen-bond acceptors (Lipinski definition) is 3. The van der Waals surface area contributed by atoms with Crippen LogP contribution in [-0.4, -0.2) is 26.9 Å². The normalized spacial score (nSPS) is 16.3. The summed E-state index contributed by atoms with van der Waals surface area (Å²) in [5.74, 6) is -0.895. The number of nitrogens with one attached hydrogen (secondary N) is 2. The van der Waals surface area contributed by atoms with Crippen LogP contribution in [0.5, 0.6) is 0 Å². The molecule has 1 amide bonds. The summed E-state index contributed by atoms with van der Waals surface area (Å²) in [4.78, 5) is 12.0. The van der Waals surface area contributed by atoms with E-state index < -0.39 is 21.9 Å². The van der Waals surface area contributed by atoms with E-state index >= 15 is 0 Å². The maximum Gasteiger partial charge on any atom is 0.241 e. The zero-order valence-electron chi connectivity index (χ0n) is 13.7. The molecule has 132 valence electrons. The van der Waals surface area contributed by atoms with E-state index in [2.05, 4.69) is 16.1 Å². The van der Waals surface area contributed by atoms with Crippen LogP contribution in [0.25, 0.3) is 0 Å². The molecule has 0 bridgehead atoms. The van der Waals surface area contributed by atoms with Crippen molar-refractivity contribution >= 4 is 15.9 Å². The smallest absolute Gasteiger partial charge is 0.241 e. The van der Waals surface area contributed by atoms with Gasteiger partial charge in [0.05, 0.1) is 10.9 Å². The van der Waals surface area contributed by atoms with Gasteiger partial charge in [0, 0.05) is 6.54 Å². The molecule has 0 saturated carbocycles. The van der Waals surface area contributed by atoms with Crippen molar-refractivity contribution in [3.05, 3.63) is 41.7 Å². The van der Waals surface area contributed by atoms with Gasteiger partial charge in [0.25, 0.3) is 0 Å². The first-order chi connectivity index (χ1) is 11.4. The van der Waals surface area contributed by atoms with Crippen LogP contribution in [0, 0.1) is 5.82 Å². The van der Waals surface area contributed by atoms with E-state index in [0.29, 0.717) is 6.54 Å². The van der Waals surface area contributed by atoms with Crippen molar-refractivity contribution < 1.29 is 17.6 Å². The van der Waals surface area contributed by atoms with Crippen LogP contribution in [0.2, 0.25) is 0 Å². The van der Waals surface area contributed by atoms with Gasteiger partial charge in [-0.05, 0) is 63.3 Å². The summed E-state index contributed by atoms with van der Waals surface area (Å²) in [6, 6.07) is 3.56. The number of carbonyl (C=O) groups is 1. The van der Waals surface area contributed by atoms with Crippen LogP contribution in [0.1, 0.15) is 39.0 Å². The summed E-state index contributed by atoms with van der Waals surface area (Å²) in [5, 5.41) is 2.75. The fourth-order valence-electron chi connectivity index (χ4n) is 2.60. The van der Waals surface area contributed by atoms with E-state index in [1.165, 1.54) is 25.3 Å². The molecule has 24 heavy (non-hydrogen) atoms. The predicted octanol–water partition coefficient (Wildman–Crippen LogP) is 2.50. The highest BCUT2D eigenvalue weighted by Gasteiger charge is 2.21. The largest absolute Gasteiger partial charge is 0.354 e. The van der Waals surface area contributed by atoms with Crippen molar-refractivity contribution in [2.45, 2.75) is 50.0 Å². The molecule has 0 radical (unpaired) electrons. The minimum Gasteiger partial charge on any atom is -0.354 e. The molecule has 0 aliphatic heterocycles. The van der Waals surface area contributed by atoms with Crippen molar-refractivity contribution in [2.24, 2.45) is 0 Å². The third-order valence-corrected chi connectivity index (χ3v) is 5.54. The molecule has 1 aliphatic carbocycles. The summed E-state index contributed by atoms with van der Waals surface area (Å²) >= 11 is 0. The minimum atomic E-state index is -3.86. The maximum absolute atomic E-state index is 12.9. The number of halogens is 1. The van der Waals surface area contributed by atoms with Crippen LogP contribution in [0.15, 0.2) is 40.8 Å². The molecule has 0 aromatic heterocycles. The fraction of sp³-hybridized carbons (Fsp3) is 0.471. The Kier molecular flexibility index (Phi) is 6.51. The van der Waals surface area contributed by atoms with Crippen molar-refractivity contribution in [1.82, 2.24) is 10.0 Å². The lowest BCUT2D eigenvalue weighted by atomic mass is 9.97. The number of rotatable bonds is 7. The van der Waals surface area contributed by atoms with Gasteiger partial charge in [-0.15, -0.1) is 0 Å². The number of sulfonamides is 1. The molecule has 1 aromatic rings. The summed E-state index contributed by atoms with van der Waals surface area (Å²) in [5.41, 5.74) is 1.35. The van der Waals surface area contributed by atoms with Gasteiger partial charge in [-0.3, -0.25) is 4.79 Å². The Balaban J connectivity index is 1.84. The van der Waals surface area contributed by atoms with Gasteiger partial charge in [-0.1, -0.05) is 11.6 Å². The van der Waals surface area contributed by atoms with Gasteiger partial charge >= 0.3 is 0 Å². The molecule has 7 heteroatoms. The molecule has 5 nitrogen and oxygen atoms in total. The molecule has 2 N–H and O–H groups in total. The second-order valence-corrected chi connectivity index (χ2v) is 7.66. The summed E-state index contributed by atoms with van der Waals surface area (Å²) in [7, 11) is -3.86. The highest BCUT2D eigenvalue weighted by Crippen LogP contribution is 2.19. The molecule has 1 aromatic carbocycles. The Morgan fingerprint density at radius 3 is 2.58 bits per heavy atom. The third kappa shape index (κ3) is 5.42. The van der Waals surface area contributed by atoms with Crippen LogP contribution in [0.3, 0.4) is 0 Å². The van der Waals surface area contributed by atoms with Gasteiger partial charge in [-0.2, -0.15) is 4.72 Å². The number of benzene rings is 1. The lowest BCUT2D eigenvalue weighted by Gasteiger charge is -2.16. The second-order valence-electron chi connectivity index (χ2n) is 5.95. The zero-order chi connectivity index (χ0) is 17.6. The van der Waals surface area contributed by atoms with Crippen LogP contribution in [0.4, 0.5) is 4.39 Å². The summed E-state index contributed by atoms with van der Waals surface area (Å²) in [6.07, 6.45) is 7.59. The van der Waals surface area contributed by atoms with Crippen molar-refractivity contribution in [3.8, 4) is 0 Å². The van der Waals surface area contributed by atoms with Crippen molar-refractivity contribution in [3.63, 3.8) is 0 Å². The van der Waals surface area contributed by atoms with E-state index in [1.807, 2.05) is 0 Å². The molecule has 0 spiro atoms. The predicted molar refractivity (Wildman–Crippen MR) is 90.4 cm³/mol.